The Bertz CT molecular complexity index is 455. The Balaban J connectivity index is 2.33. The molecule has 1 aromatic carbocycles. The van der Waals surface area contributed by atoms with Gasteiger partial charge in [0, 0.05) is 25.1 Å². The highest BCUT2D eigenvalue weighted by atomic mass is 35.5. The van der Waals surface area contributed by atoms with Gasteiger partial charge in [-0.1, -0.05) is 18.5 Å². The number of anilines is 2. The Hall–Kier alpha value is -1.30. The van der Waals surface area contributed by atoms with Crippen LogP contribution in [-0.2, 0) is 9.53 Å². The maximum atomic E-state index is 11.9. The molecule has 21 heavy (non-hydrogen) atoms. The van der Waals surface area contributed by atoms with Crippen LogP contribution in [-0.4, -0.2) is 44.2 Å². The minimum absolute atomic E-state index is 0.0354. The number of likely N-dealkylation sites (N-methyl/N-ethyl adjacent to an activating group) is 1. The third-order valence-corrected chi connectivity index (χ3v) is 3.46. The van der Waals surface area contributed by atoms with E-state index in [9.17, 15) is 4.79 Å². The summed E-state index contributed by atoms with van der Waals surface area (Å²) >= 11 is 5.82. The number of hydrogen-bond acceptors (Lipinski definition) is 4. The summed E-state index contributed by atoms with van der Waals surface area (Å²) < 4.78 is 5.06. The summed E-state index contributed by atoms with van der Waals surface area (Å²) in [5.41, 5.74) is 6.89. The van der Waals surface area contributed by atoms with Gasteiger partial charge in [-0.25, -0.2) is 0 Å². The Labute approximate surface area is 131 Å². The molecular formula is C15H24ClN3O2. The van der Waals surface area contributed by atoms with E-state index < -0.39 is 0 Å². The molecule has 0 aliphatic rings. The molecule has 0 radical (unpaired) electrons. The van der Waals surface area contributed by atoms with E-state index in [0.717, 1.165) is 26.1 Å². The van der Waals surface area contributed by atoms with Gasteiger partial charge in [0.15, 0.2) is 0 Å². The van der Waals surface area contributed by atoms with Crippen LogP contribution in [0.5, 0.6) is 0 Å². The monoisotopic (exact) mass is 313 g/mol. The molecule has 3 N–H and O–H groups in total. The van der Waals surface area contributed by atoms with Crippen LogP contribution in [0.15, 0.2) is 18.2 Å². The first kappa shape index (κ1) is 17.8. The van der Waals surface area contributed by atoms with Crippen LogP contribution < -0.4 is 11.1 Å². The molecule has 1 amide bonds. The van der Waals surface area contributed by atoms with E-state index >= 15 is 0 Å². The Morgan fingerprint density at radius 3 is 2.81 bits per heavy atom. The van der Waals surface area contributed by atoms with Gasteiger partial charge in [-0.05, 0) is 37.7 Å². The maximum Gasteiger partial charge on any atom is 0.224 e. The lowest BCUT2D eigenvalue weighted by Crippen LogP contribution is -2.29. The molecular weight excluding hydrogens is 290 g/mol. The molecule has 0 aromatic heterocycles. The number of carbonyl (C=O) groups excluding carboxylic acids is 1. The van der Waals surface area contributed by atoms with Gasteiger partial charge in [0.25, 0.3) is 0 Å². The average Bonchev–Trinajstić information content (AvgIpc) is 2.45. The summed E-state index contributed by atoms with van der Waals surface area (Å²) in [6.45, 7) is 5.53. The highest BCUT2D eigenvalue weighted by molar-refractivity contribution is 6.31. The normalized spacial score (nSPS) is 10.9. The largest absolute Gasteiger partial charge is 0.397 e. The number of carbonyl (C=O) groups is 1. The molecule has 6 heteroatoms. The Morgan fingerprint density at radius 1 is 1.43 bits per heavy atom. The van der Waals surface area contributed by atoms with Gasteiger partial charge in [0.2, 0.25) is 5.91 Å². The second-order valence-corrected chi connectivity index (χ2v) is 5.25. The molecule has 5 nitrogen and oxygen atoms in total. The lowest BCUT2D eigenvalue weighted by Gasteiger charge is -2.19. The maximum absolute atomic E-state index is 11.9. The summed E-state index contributed by atoms with van der Waals surface area (Å²) in [7, 11) is 1.69. The topological polar surface area (TPSA) is 67.6 Å². The van der Waals surface area contributed by atoms with E-state index in [1.165, 1.54) is 0 Å². The SMILES string of the molecule is CCN(CCCC(=O)Nc1ccc(Cl)cc1N)CCOC. The van der Waals surface area contributed by atoms with E-state index in [1.807, 2.05) is 0 Å². The number of nitrogens with two attached hydrogens (primary N) is 1. The van der Waals surface area contributed by atoms with Crippen molar-refractivity contribution in [2.75, 3.05) is 44.4 Å². The third kappa shape index (κ3) is 6.80. The average molecular weight is 314 g/mol. The summed E-state index contributed by atoms with van der Waals surface area (Å²) in [5.74, 6) is -0.0354. The van der Waals surface area contributed by atoms with Gasteiger partial charge in [-0.2, -0.15) is 0 Å². The smallest absolute Gasteiger partial charge is 0.224 e. The van der Waals surface area contributed by atoms with Crippen LogP contribution in [0.4, 0.5) is 11.4 Å². The van der Waals surface area contributed by atoms with Gasteiger partial charge >= 0.3 is 0 Å². The Kier molecular flexibility index (Phi) is 8.12. The van der Waals surface area contributed by atoms with Crippen molar-refractivity contribution in [2.45, 2.75) is 19.8 Å². The molecule has 1 rings (SSSR count). The predicted molar refractivity (Wildman–Crippen MR) is 87.7 cm³/mol. The highest BCUT2D eigenvalue weighted by Crippen LogP contribution is 2.22. The number of hydrogen-bond donors (Lipinski definition) is 2. The number of halogens is 1. The summed E-state index contributed by atoms with van der Waals surface area (Å²) in [6, 6.07) is 5.05. The molecule has 0 bridgehead atoms. The van der Waals surface area contributed by atoms with Crippen molar-refractivity contribution in [1.29, 1.82) is 0 Å². The fourth-order valence-electron chi connectivity index (χ4n) is 1.97. The number of rotatable bonds is 9. The van der Waals surface area contributed by atoms with Crippen LogP contribution >= 0.6 is 11.6 Å². The van der Waals surface area contributed by atoms with Gasteiger partial charge < -0.3 is 20.7 Å². The van der Waals surface area contributed by atoms with Crippen molar-refractivity contribution < 1.29 is 9.53 Å². The van der Waals surface area contributed by atoms with Gasteiger partial charge in [0.1, 0.15) is 0 Å². The van der Waals surface area contributed by atoms with Crippen molar-refractivity contribution in [3.8, 4) is 0 Å². The van der Waals surface area contributed by atoms with E-state index in [-0.39, 0.29) is 5.91 Å². The quantitative estimate of drug-likeness (QED) is 0.688. The van der Waals surface area contributed by atoms with Gasteiger partial charge in [-0.15, -0.1) is 0 Å². The fourth-order valence-corrected chi connectivity index (χ4v) is 2.15. The molecule has 118 valence electrons. The van der Waals surface area contributed by atoms with Crippen LogP contribution in [0.25, 0.3) is 0 Å². The number of methoxy groups -OCH3 is 1. The first-order valence-corrected chi connectivity index (χ1v) is 7.50. The van der Waals surface area contributed by atoms with Crippen molar-refractivity contribution in [1.82, 2.24) is 4.90 Å². The molecule has 0 saturated heterocycles. The second kappa shape index (κ2) is 9.60. The lowest BCUT2D eigenvalue weighted by atomic mass is 10.2. The summed E-state index contributed by atoms with van der Waals surface area (Å²) in [4.78, 5) is 14.1. The molecule has 1 aromatic rings. The van der Waals surface area contributed by atoms with Crippen LogP contribution in [0.3, 0.4) is 0 Å². The molecule has 0 aliphatic carbocycles. The number of ether oxygens (including phenoxy) is 1. The van der Waals surface area contributed by atoms with Gasteiger partial charge in [0.05, 0.1) is 18.0 Å². The standard InChI is InChI=1S/C15H24ClN3O2/c1-3-19(9-10-21-2)8-4-5-15(20)18-14-7-6-12(16)11-13(14)17/h6-7,11H,3-5,8-10,17H2,1-2H3,(H,18,20). The summed E-state index contributed by atoms with van der Waals surface area (Å²) in [6.07, 6.45) is 1.27. The summed E-state index contributed by atoms with van der Waals surface area (Å²) in [5, 5.41) is 3.36. The van der Waals surface area contributed by atoms with Crippen LogP contribution in [0.1, 0.15) is 19.8 Å². The minimum atomic E-state index is -0.0354. The van der Waals surface area contributed by atoms with Crippen molar-refractivity contribution >= 4 is 28.9 Å². The fraction of sp³-hybridized carbons (Fsp3) is 0.533. The van der Waals surface area contributed by atoms with Crippen LogP contribution in [0, 0.1) is 0 Å². The lowest BCUT2D eigenvalue weighted by molar-refractivity contribution is -0.116. The van der Waals surface area contributed by atoms with Crippen molar-refractivity contribution in [3.05, 3.63) is 23.2 Å². The number of amides is 1. The Morgan fingerprint density at radius 2 is 2.19 bits per heavy atom. The molecule has 0 aliphatic heterocycles. The molecule has 0 spiro atoms. The third-order valence-electron chi connectivity index (χ3n) is 3.22. The number of benzene rings is 1. The zero-order valence-corrected chi connectivity index (χ0v) is 13.4. The minimum Gasteiger partial charge on any atom is -0.397 e. The van der Waals surface area contributed by atoms with E-state index in [0.29, 0.717) is 29.4 Å². The zero-order valence-electron chi connectivity index (χ0n) is 12.7. The first-order valence-electron chi connectivity index (χ1n) is 7.13. The molecule has 0 fully saturated rings. The molecule has 0 atom stereocenters. The van der Waals surface area contributed by atoms with Gasteiger partial charge in [-0.3, -0.25) is 4.79 Å². The van der Waals surface area contributed by atoms with Crippen molar-refractivity contribution in [2.24, 2.45) is 0 Å². The predicted octanol–water partition coefficient (Wildman–Crippen LogP) is 2.61. The van der Waals surface area contributed by atoms with E-state index in [4.69, 9.17) is 22.1 Å². The number of nitrogens with zero attached hydrogens (tertiary/aromatic N) is 1. The highest BCUT2D eigenvalue weighted by Gasteiger charge is 2.07. The number of nitrogens with one attached hydrogen (secondary N) is 1. The molecule has 0 saturated carbocycles. The first-order chi connectivity index (χ1) is 10.1. The second-order valence-electron chi connectivity index (χ2n) is 4.81. The zero-order chi connectivity index (χ0) is 15.7. The van der Waals surface area contributed by atoms with E-state index in [1.54, 1.807) is 25.3 Å². The van der Waals surface area contributed by atoms with Crippen LogP contribution in [0.2, 0.25) is 5.02 Å². The molecule has 0 heterocycles. The van der Waals surface area contributed by atoms with E-state index in [2.05, 4.69) is 17.1 Å². The molecule has 0 unspecified atom stereocenters. The number of nitrogen functional groups attached to an aromatic ring is 1. The van der Waals surface area contributed by atoms with Crippen molar-refractivity contribution in [3.63, 3.8) is 0 Å².